The summed E-state index contributed by atoms with van der Waals surface area (Å²) in [5.74, 6) is -2.43. The number of carboxylic acids is 1. The smallest absolute Gasteiger partial charge is 0.331 e. The second-order valence-electron chi connectivity index (χ2n) is 4.54. The molecule has 0 spiro atoms. The number of carbonyl (C=O) groups is 2. The summed E-state index contributed by atoms with van der Waals surface area (Å²) < 4.78 is 14.0. The number of rotatable bonds is 4. The molecule has 1 aromatic carbocycles. The average Bonchev–Trinajstić information content (AvgIpc) is 3.13. The Bertz CT molecular complexity index is 531. The molecule has 0 aromatic heterocycles. The lowest BCUT2D eigenvalue weighted by Gasteiger charge is -2.28. The van der Waals surface area contributed by atoms with Gasteiger partial charge in [0.15, 0.2) is 6.04 Å². The molecule has 1 unspecified atom stereocenters. The van der Waals surface area contributed by atoms with Crippen molar-refractivity contribution in [2.24, 2.45) is 0 Å². The van der Waals surface area contributed by atoms with Gasteiger partial charge in [0, 0.05) is 18.5 Å². The molecule has 102 valence electrons. The number of aliphatic carboxylic acids is 1. The fourth-order valence-electron chi connectivity index (χ4n) is 2.14. The third kappa shape index (κ3) is 2.71. The number of hydrogen-bond donors (Lipinski definition) is 1. The molecule has 0 radical (unpaired) electrons. The zero-order valence-corrected chi connectivity index (χ0v) is 11.0. The molecule has 19 heavy (non-hydrogen) atoms. The summed E-state index contributed by atoms with van der Waals surface area (Å²) in [4.78, 5) is 24.3. The van der Waals surface area contributed by atoms with Gasteiger partial charge in [-0.05, 0) is 18.9 Å². The van der Waals surface area contributed by atoms with E-state index in [4.69, 9.17) is 11.6 Å². The zero-order chi connectivity index (χ0) is 14.2. The van der Waals surface area contributed by atoms with E-state index in [-0.39, 0.29) is 22.5 Å². The third-order valence-corrected chi connectivity index (χ3v) is 3.38. The molecule has 2 rings (SSSR count). The van der Waals surface area contributed by atoms with Gasteiger partial charge in [-0.15, -0.1) is 0 Å². The van der Waals surface area contributed by atoms with Crippen LogP contribution in [0.2, 0.25) is 5.02 Å². The minimum Gasteiger partial charge on any atom is -0.479 e. The van der Waals surface area contributed by atoms with E-state index in [1.807, 2.05) is 0 Å². The molecule has 6 heteroatoms. The molecule has 1 aliphatic carbocycles. The van der Waals surface area contributed by atoms with Crippen molar-refractivity contribution in [1.82, 2.24) is 4.90 Å². The van der Waals surface area contributed by atoms with Crippen LogP contribution in [0.25, 0.3) is 0 Å². The molecule has 1 N–H and O–H groups in total. The van der Waals surface area contributed by atoms with Gasteiger partial charge < -0.3 is 10.0 Å². The SMILES string of the molecule is CC(=O)N(C1CC1)C(C(=O)O)c1cccc(Cl)c1F. The Kier molecular flexibility index (Phi) is 3.75. The first-order chi connectivity index (χ1) is 8.93. The number of benzene rings is 1. The van der Waals surface area contributed by atoms with Crippen LogP contribution in [-0.4, -0.2) is 27.9 Å². The van der Waals surface area contributed by atoms with E-state index < -0.39 is 17.8 Å². The summed E-state index contributed by atoms with van der Waals surface area (Å²) in [5, 5.41) is 9.18. The topological polar surface area (TPSA) is 57.6 Å². The molecule has 1 aromatic rings. The Morgan fingerprint density at radius 3 is 2.58 bits per heavy atom. The van der Waals surface area contributed by atoms with E-state index in [0.717, 1.165) is 12.8 Å². The Hall–Kier alpha value is -1.62. The maximum absolute atomic E-state index is 14.0. The molecule has 0 saturated heterocycles. The van der Waals surface area contributed by atoms with Gasteiger partial charge in [-0.25, -0.2) is 9.18 Å². The van der Waals surface area contributed by atoms with Crippen molar-refractivity contribution in [3.05, 3.63) is 34.6 Å². The minimum absolute atomic E-state index is 0.0814. The van der Waals surface area contributed by atoms with Gasteiger partial charge in [-0.2, -0.15) is 0 Å². The van der Waals surface area contributed by atoms with E-state index in [0.29, 0.717) is 0 Å². The van der Waals surface area contributed by atoms with Crippen LogP contribution in [0.5, 0.6) is 0 Å². The summed E-state index contributed by atoms with van der Waals surface area (Å²) >= 11 is 5.67. The molecular weight excluding hydrogens is 273 g/mol. The van der Waals surface area contributed by atoms with Gasteiger partial charge in [-0.3, -0.25) is 4.79 Å². The first-order valence-corrected chi connectivity index (χ1v) is 6.27. The van der Waals surface area contributed by atoms with E-state index >= 15 is 0 Å². The predicted molar refractivity (Wildman–Crippen MR) is 67.3 cm³/mol. The van der Waals surface area contributed by atoms with Gasteiger partial charge in [-0.1, -0.05) is 23.7 Å². The minimum atomic E-state index is -1.33. The van der Waals surface area contributed by atoms with E-state index in [9.17, 15) is 19.1 Å². The number of carbonyl (C=O) groups excluding carboxylic acids is 1. The van der Waals surface area contributed by atoms with Crippen LogP contribution in [0.1, 0.15) is 31.4 Å². The largest absolute Gasteiger partial charge is 0.479 e. The van der Waals surface area contributed by atoms with Crippen molar-refractivity contribution in [1.29, 1.82) is 0 Å². The molecule has 1 saturated carbocycles. The van der Waals surface area contributed by atoms with Crippen molar-refractivity contribution in [2.45, 2.75) is 31.8 Å². The highest BCUT2D eigenvalue weighted by molar-refractivity contribution is 6.30. The van der Waals surface area contributed by atoms with Gasteiger partial charge in [0.25, 0.3) is 0 Å². The lowest BCUT2D eigenvalue weighted by molar-refractivity contribution is -0.150. The Morgan fingerprint density at radius 1 is 1.47 bits per heavy atom. The summed E-state index contributed by atoms with van der Waals surface area (Å²) in [5.41, 5.74) is -0.0814. The van der Waals surface area contributed by atoms with Crippen molar-refractivity contribution in [2.75, 3.05) is 0 Å². The van der Waals surface area contributed by atoms with Crippen LogP contribution in [0.4, 0.5) is 4.39 Å². The standard InChI is InChI=1S/C13H13ClFNO3/c1-7(17)16(8-5-6-8)12(13(18)19)9-3-2-4-10(14)11(9)15/h2-4,8,12H,5-6H2,1H3,(H,18,19). The normalized spacial score (nSPS) is 15.9. The van der Waals surface area contributed by atoms with Crippen LogP contribution < -0.4 is 0 Å². The van der Waals surface area contributed by atoms with Crippen LogP contribution in [0.15, 0.2) is 18.2 Å². The van der Waals surface area contributed by atoms with Crippen molar-refractivity contribution >= 4 is 23.5 Å². The summed E-state index contributed by atoms with van der Waals surface area (Å²) in [7, 11) is 0. The number of hydrogen-bond acceptors (Lipinski definition) is 2. The molecule has 1 fully saturated rings. The van der Waals surface area contributed by atoms with Gasteiger partial charge in [0.05, 0.1) is 5.02 Å². The Balaban J connectivity index is 2.47. The van der Waals surface area contributed by atoms with Crippen molar-refractivity contribution < 1.29 is 19.1 Å². The molecule has 0 aliphatic heterocycles. The summed E-state index contributed by atoms with van der Waals surface area (Å²) in [6.45, 7) is 1.29. The Labute approximate surface area is 114 Å². The predicted octanol–water partition coefficient (Wildman–Crippen LogP) is 2.62. The zero-order valence-electron chi connectivity index (χ0n) is 10.3. The highest BCUT2D eigenvalue weighted by Crippen LogP contribution is 2.36. The molecule has 1 atom stereocenters. The van der Waals surface area contributed by atoms with E-state index in [1.54, 1.807) is 0 Å². The van der Waals surface area contributed by atoms with Gasteiger partial charge in [0.1, 0.15) is 5.82 Å². The fraction of sp³-hybridized carbons (Fsp3) is 0.385. The molecule has 4 nitrogen and oxygen atoms in total. The Morgan fingerprint density at radius 2 is 2.11 bits per heavy atom. The van der Waals surface area contributed by atoms with E-state index in [1.165, 1.54) is 30.0 Å². The quantitative estimate of drug-likeness (QED) is 0.925. The molecule has 1 amide bonds. The second kappa shape index (κ2) is 5.17. The maximum atomic E-state index is 14.0. The number of nitrogens with zero attached hydrogens (tertiary/aromatic N) is 1. The van der Waals surface area contributed by atoms with E-state index in [2.05, 4.69) is 0 Å². The van der Waals surface area contributed by atoms with Crippen LogP contribution in [0.3, 0.4) is 0 Å². The van der Waals surface area contributed by atoms with Crippen molar-refractivity contribution in [3.8, 4) is 0 Å². The summed E-state index contributed by atoms with van der Waals surface area (Å²) in [6.07, 6.45) is 1.48. The van der Waals surface area contributed by atoms with Crippen molar-refractivity contribution in [3.63, 3.8) is 0 Å². The first kappa shape index (κ1) is 13.8. The first-order valence-electron chi connectivity index (χ1n) is 5.89. The molecular formula is C13H13ClFNO3. The average molecular weight is 286 g/mol. The van der Waals surface area contributed by atoms with Gasteiger partial charge in [0.2, 0.25) is 5.91 Å². The number of amides is 1. The summed E-state index contributed by atoms with van der Waals surface area (Å²) in [6, 6.07) is 2.70. The van der Waals surface area contributed by atoms with Crippen LogP contribution in [0, 0.1) is 5.82 Å². The second-order valence-corrected chi connectivity index (χ2v) is 4.95. The maximum Gasteiger partial charge on any atom is 0.331 e. The molecule has 1 aliphatic rings. The highest BCUT2D eigenvalue weighted by Gasteiger charge is 2.41. The fourth-order valence-corrected chi connectivity index (χ4v) is 2.32. The molecule has 0 bridgehead atoms. The van der Waals surface area contributed by atoms with Crippen LogP contribution >= 0.6 is 11.6 Å². The van der Waals surface area contributed by atoms with Crippen LogP contribution in [-0.2, 0) is 9.59 Å². The highest BCUT2D eigenvalue weighted by atomic mass is 35.5. The monoisotopic (exact) mass is 285 g/mol. The van der Waals surface area contributed by atoms with Gasteiger partial charge >= 0.3 is 5.97 Å². The number of carboxylic acid groups (broad SMARTS) is 1. The lowest BCUT2D eigenvalue weighted by Crippen LogP contribution is -2.39. The molecule has 0 heterocycles. The lowest BCUT2D eigenvalue weighted by atomic mass is 10.0. The number of halogens is 2. The third-order valence-electron chi connectivity index (χ3n) is 3.09.